The van der Waals surface area contributed by atoms with Gasteiger partial charge in [-0.1, -0.05) is 31.5 Å². The number of rotatable bonds is 6. The van der Waals surface area contributed by atoms with Crippen molar-refractivity contribution in [1.29, 1.82) is 0 Å². The number of halogens is 3. The van der Waals surface area contributed by atoms with Crippen LogP contribution >= 0.6 is 11.6 Å². The second kappa shape index (κ2) is 10.3. The molecule has 0 aliphatic carbocycles. The molecule has 0 bridgehead atoms. The fourth-order valence-electron chi connectivity index (χ4n) is 4.35. The van der Waals surface area contributed by atoms with E-state index in [1.165, 1.54) is 13.2 Å². The van der Waals surface area contributed by atoms with Crippen LogP contribution in [0.3, 0.4) is 0 Å². The number of nitrogens with one attached hydrogen (secondary N) is 3. The molecule has 0 saturated carbocycles. The quantitative estimate of drug-likeness (QED) is 0.381. The van der Waals surface area contributed by atoms with Gasteiger partial charge in [-0.15, -0.1) is 0 Å². The summed E-state index contributed by atoms with van der Waals surface area (Å²) in [4.78, 5) is 35.2. The van der Waals surface area contributed by atoms with Crippen molar-refractivity contribution in [2.24, 2.45) is 0 Å². The smallest absolute Gasteiger partial charge is 0.253 e. The predicted molar refractivity (Wildman–Crippen MR) is 140 cm³/mol. The van der Waals surface area contributed by atoms with E-state index in [1.807, 2.05) is 25.1 Å². The van der Waals surface area contributed by atoms with Crippen molar-refractivity contribution >= 4 is 52.2 Å². The van der Waals surface area contributed by atoms with Crippen LogP contribution in [0.15, 0.2) is 36.5 Å². The molecule has 2 heterocycles. The Hall–Kier alpha value is -3.79. The van der Waals surface area contributed by atoms with Crippen molar-refractivity contribution < 1.29 is 18.4 Å². The molecule has 0 radical (unpaired) electrons. The number of carbonyl (C=O) groups excluding carboxylic acids is 2. The largest absolute Gasteiger partial charge is 0.355 e. The third-order valence-electron chi connectivity index (χ3n) is 6.37. The first-order valence-corrected chi connectivity index (χ1v) is 12.1. The van der Waals surface area contributed by atoms with Gasteiger partial charge in [-0.25, -0.2) is 13.8 Å². The fourth-order valence-corrected chi connectivity index (χ4v) is 4.49. The van der Waals surface area contributed by atoms with Crippen molar-refractivity contribution in [2.75, 3.05) is 29.1 Å². The van der Waals surface area contributed by atoms with Crippen LogP contribution in [-0.2, 0) is 10.2 Å². The summed E-state index contributed by atoms with van der Waals surface area (Å²) in [5, 5.41) is 8.19. The molecular formula is C26H27ClF2N6O2. The number of hydrogen-bond donors (Lipinski definition) is 3. The standard InChI is InChI=1S/C26H27ClF2N6O2/c1-5-35-20-12-15(6-7-17(20)26(2,3)9-8-21(35)36)32-25-31-13-18(27)23(34-25)33-22-16(24(37)30-4)10-14(28)11-19(22)29/h6-7,10-13H,5,8-9H2,1-4H3,(H,30,37)(H2,31,32,33,34). The average Bonchev–Trinajstić information content (AvgIpc) is 2.95. The lowest BCUT2D eigenvalue weighted by molar-refractivity contribution is -0.118. The van der Waals surface area contributed by atoms with E-state index in [0.29, 0.717) is 24.7 Å². The first-order chi connectivity index (χ1) is 17.5. The Kier molecular flexibility index (Phi) is 7.31. The van der Waals surface area contributed by atoms with Crippen molar-refractivity contribution in [3.05, 3.63) is 64.3 Å². The summed E-state index contributed by atoms with van der Waals surface area (Å²) in [6, 6.07) is 7.30. The normalized spacial score (nSPS) is 14.6. The summed E-state index contributed by atoms with van der Waals surface area (Å²) >= 11 is 6.24. The molecule has 3 aromatic rings. The summed E-state index contributed by atoms with van der Waals surface area (Å²) in [5.41, 5.74) is 1.81. The van der Waals surface area contributed by atoms with Crippen LogP contribution in [0.5, 0.6) is 0 Å². The minimum absolute atomic E-state index is 0.0103. The number of hydrogen-bond acceptors (Lipinski definition) is 6. The molecule has 0 saturated heterocycles. The van der Waals surface area contributed by atoms with Gasteiger partial charge in [0.15, 0.2) is 5.82 Å². The Morgan fingerprint density at radius 1 is 1.19 bits per heavy atom. The molecule has 2 amide bonds. The minimum atomic E-state index is -0.986. The zero-order valence-corrected chi connectivity index (χ0v) is 21.6. The number of fused-ring (bicyclic) bond motifs is 1. The second-order valence-electron chi connectivity index (χ2n) is 9.28. The van der Waals surface area contributed by atoms with Crippen LogP contribution < -0.4 is 20.9 Å². The van der Waals surface area contributed by atoms with Gasteiger partial charge in [0.2, 0.25) is 11.9 Å². The lowest BCUT2D eigenvalue weighted by Crippen LogP contribution is -2.29. The third-order valence-corrected chi connectivity index (χ3v) is 6.65. The molecule has 1 aliphatic rings. The number of benzene rings is 2. The van der Waals surface area contributed by atoms with E-state index in [1.54, 1.807) is 4.90 Å². The molecule has 1 aliphatic heterocycles. The van der Waals surface area contributed by atoms with Crippen LogP contribution in [-0.4, -0.2) is 35.4 Å². The Labute approximate surface area is 218 Å². The van der Waals surface area contributed by atoms with E-state index < -0.39 is 17.5 Å². The molecule has 2 aromatic carbocycles. The molecule has 11 heteroatoms. The number of aromatic nitrogens is 2. The Morgan fingerprint density at radius 2 is 1.95 bits per heavy atom. The monoisotopic (exact) mass is 528 g/mol. The van der Waals surface area contributed by atoms with Crippen LogP contribution in [0.1, 0.15) is 49.5 Å². The number of carbonyl (C=O) groups is 2. The van der Waals surface area contributed by atoms with Gasteiger partial charge in [-0.05, 0) is 42.5 Å². The van der Waals surface area contributed by atoms with Crippen LogP contribution in [0, 0.1) is 11.6 Å². The summed E-state index contributed by atoms with van der Waals surface area (Å²) in [5.74, 6) is -2.36. The zero-order valence-electron chi connectivity index (χ0n) is 20.9. The lowest BCUT2D eigenvalue weighted by Gasteiger charge is -2.27. The maximum Gasteiger partial charge on any atom is 0.253 e. The molecule has 0 atom stereocenters. The molecule has 0 fully saturated rings. The molecule has 3 N–H and O–H groups in total. The summed E-state index contributed by atoms with van der Waals surface area (Å²) in [6.45, 7) is 6.70. The van der Waals surface area contributed by atoms with Gasteiger partial charge in [0, 0.05) is 37.5 Å². The van der Waals surface area contributed by atoms with Gasteiger partial charge in [0.05, 0.1) is 17.4 Å². The number of anilines is 5. The lowest BCUT2D eigenvalue weighted by atomic mass is 9.80. The predicted octanol–water partition coefficient (Wildman–Crippen LogP) is 5.68. The highest BCUT2D eigenvalue weighted by Crippen LogP contribution is 2.41. The van der Waals surface area contributed by atoms with Gasteiger partial charge in [0.25, 0.3) is 5.91 Å². The summed E-state index contributed by atoms with van der Waals surface area (Å²) in [7, 11) is 1.35. The molecule has 0 unspecified atom stereocenters. The number of nitrogens with zero attached hydrogens (tertiary/aromatic N) is 3. The van der Waals surface area contributed by atoms with Crippen molar-refractivity contribution in [3.63, 3.8) is 0 Å². The molecule has 194 valence electrons. The SMILES string of the molecule is CCN1C(=O)CCC(C)(C)c2ccc(Nc3ncc(Cl)c(Nc4c(F)cc(F)cc4C(=O)NC)n3)cc21. The van der Waals surface area contributed by atoms with Crippen molar-refractivity contribution in [2.45, 2.75) is 39.0 Å². The average molecular weight is 529 g/mol. The first kappa shape index (κ1) is 26.3. The van der Waals surface area contributed by atoms with Gasteiger partial charge in [0.1, 0.15) is 16.7 Å². The zero-order chi connectivity index (χ0) is 26.9. The summed E-state index contributed by atoms with van der Waals surface area (Å²) in [6.07, 6.45) is 2.52. The van der Waals surface area contributed by atoms with E-state index in [2.05, 4.69) is 39.8 Å². The van der Waals surface area contributed by atoms with Gasteiger partial charge in [-0.3, -0.25) is 9.59 Å². The topological polar surface area (TPSA) is 99.3 Å². The fraction of sp³-hybridized carbons (Fsp3) is 0.308. The van der Waals surface area contributed by atoms with E-state index in [-0.39, 0.29) is 39.4 Å². The summed E-state index contributed by atoms with van der Waals surface area (Å²) < 4.78 is 28.4. The second-order valence-corrected chi connectivity index (χ2v) is 9.69. The molecule has 37 heavy (non-hydrogen) atoms. The van der Waals surface area contributed by atoms with Crippen LogP contribution in [0.25, 0.3) is 0 Å². The Bertz CT molecular complexity index is 1380. The third kappa shape index (κ3) is 5.34. The Morgan fingerprint density at radius 3 is 2.65 bits per heavy atom. The highest BCUT2D eigenvalue weighted by atomic mass is 35.5. The van der Waals surface area contributed by atoms with E-state index >= 15 is 0 Å². The first-order valence-electron chi connectivity index (χ1n) is 11.8. The highest BCUT2D eigenvalue weighted by Gasteiger charge is 2.32. The minimum Gasteiger partial charge on any atom is -0.355 e. The van der Waals surface area contributed by atoms with Crippen LogP contribution in [0.4, 0.5) is 37.6 Å². The molecule has 8 nitrogen and oxygen atoms in total. The van der Waals surface area contributed by atoms with E-state index in [0.717, 1.165) is 23.7 Å². The van der Waals surface area contributed by atoms with Gasteiger partial charge in [-0.2, -0.15) is 4.98 Å². The van der Waals surface area contributed by atoms with Crippen molar-refractivity contribution in [3.8, 4) is 0 Å². The molecule has 4 rings (SSSR count). The molecule has 0 spiro atoms. The van der Waals surface area contributed by atoms with Gasteiger partial charge < -0.3 is 20.9 Å². The maximum atomic E-state index is 14.6. The van der Waals surface area contributed by atoms with Gasteiger partial charge >= 0.3 is 0 Å². The number of amides is 2. The molecule has 1 aromatic heterocycles. The molecular weight excluding hydrogens is 502 g/mol. The Balaban J connectivity index is 1.68. The van der Waals surface area contributed by atoms with Crippen molar-refractivity contribution in [1.82, 2.24) is 15.3 Å². The van der Waals surface area contributed by atoms with E-state index in [9.17, 15) is 18.4 Å². The maximum absolute atomic E-state index is 14.6. The van der Waals surface area contributed by atoms with E-state index in [4.69, 9.17) is 11.6 Å². The highest BCUT2D eigenvalue weighted by molar-refractivity contribution is 6.33. The van der Waals surface area contributed by atoms with Crippen LogP contribution in [0.2, 0.25) is 5.02 Å².